The molecule has 1 amide bonds. The highest BCUT2D eigenvalue weighted by Gasteiger charge is 2.53. The fourth-order valence-corrected chi connectivity index (χ4v) is 5.63. The molecule has 0 saturated heterocycles. The van der Waals surface area contributed by atoms with Gasteiger partial charge in [-0.25, -0.2) is 8.42 Å². The van der Waals surface area contributed by atoms with Crippen LogP contribution in [-0.4, -0.2) is 52.6 Å². The van der Waals surface area contributed by atoms with Crippen molar-refractivity contribution in [1.29, 1.82) is 0 Å². The number of aromatic nitrogens is 4. The number of sulfone groups is 1. The standard InChI is InChI=1S/C24H19F6N7O5S/c1-22(32,24(28,29)30)20-35-34-18(41-20)13-6-7-16-15(8-13)37(19(38)14(31)10-43(16,39)40)9-11-2-4-12(5-3-11)17-33-21(42-36-17)23(25,26)27/h2-8,14H,9-10,31-32H2,1H3/t14-,22+/m0/s1. The maximum atomic E-state index is 13.4. The van der Waals surface area contributed by atoms with E-state index < -0.39 is 63.1 Å². The second kappa shape index (κ2) is 10.1. The molecule has 0 aliphatic carbocycles. The van der Waals surface area contributed by atoms with Gasteiger partial charge in [0.2, 0.25) is 23.5 Å². The summed E-state index contributed by atoms with van der Waals surface area (Å²) < 4.78 is 114. The fourth-order valence-electron chi connectivity index (χ4n) is 4.07. The molecule has 4 N–H and O–H groups in total. The van der Waals surface area contributed by atoms with Gasteiger partial charge in [0.05, 0.1) is 28.9 Å². The van der Waals surface area contributed by atoms with Gasteiger partial charge in [-0.2, -0.15) is 31.3 Å². The van der Waals surface area contributed by atoms with E-state index in [1.807, 2.05) is 0 Å². The Bertz CT molecular complexity index is 1800. The average molecular weight is 632 g/mol. The van der Waals surface area contributed by atoms with E-state index in [-0.39, 0.29) is 34.1 Å². The number of halogens is 6. The molecule has 2 aromatic carbocycles. The van der Waals surface area contributed by atoms with Crippen LogP contribution in [0, 0.1) is 0 Å². The lowest BCUT2D eigenvalue weighted by Gasteiger charge is -2.24. The molecular formula is C24H19F6N7O5S. The minimum Gasteiger partial charge on any atom is -0.418 e. The van der Waals surface area contributed by atoms with Gasteiger partial charge in [-0.3, -0.25) is 4.79 Å². The quantitative estimate of drug-likeness (QED) is 0.308. The van der Waals surface area contributed by atoms with Gasteiger partial charge in [0.15, 0.2) is 15.4 Å². The fraction of sp³-hybridized carbons (Fsp3) is 0.292. The third kappa shape index (κ3) is 5.57. The maximum Gasteiger partial charge on any atom is 0.471 e. The lowest BCUT2D eigenvalue weighted by molar-refractivity contribution is -0.190. The smallest absolute Gasteiger partial charge is 0.418 e. The number of benzene rings is 2. The predicted octanol–water partition coefficient (Wildman–Crippen LogP) is 3.19. The minimum atomic E-state index is -4.93. The molecule has 19 heteroatoms. The normalized spacial score (nSPS) is 18.7. The van der Waals surface area contributed by atoms with Crippen LogP contribution in [0.25, 0.3) is 22.8 Å². The summed E-state index contributed by atoms with van der Waals surface area (Å²) >= 11 is 0. The number of anilines is 1. The van der Waals surface area contributed by atoms with Crippen molar-refractivity contribution in [3.8, 4) is 22.8 Å². The zero-order valence-electron chi connectivity index (χ0n) is 21.6. The van der Waals surface area contributed by atoms with Crippen LogP contribution in [0.2, 0.25) is 0 Å². The van der Waals surface area contributed by atoms with Crippen molar-refractivity contribution < 1.29 is 48.5 Å². The summed E-state index contributed by atoms with van der Waals surface area (Å²) in [6.45, 7) is 0.373. The maximum absolute atomic E-state index is 13.4. The van der Waals surface area contributed by atoms with E-state index >= 15 is 0 Å². The van der Waals surface area contributed by atoms with Crippen LogP contribution in [0.1, 0.15) is 24.3 Å². The van der Waals surface area contributed by atoms with E-state index in [1.165, 1.54) is 36.4 Å². The molecule has 1 aliphatic heterocycles. The molecule has 0 radical (unpaired) electrons. The molecule has 12 nitrogen and oxygen atoms in total. The Balaban J connectivity index is 1.51. The molecule has 4 aromatic rings. The number of rotatable bonds is 5. The summed E-state index contributed by atoms with van der Waals surface area (Å²) in [6.07, 6.45) is -9.77. The number of carbonyl (C=O) groups excluding carboxylic acids is 1. The Morgan fingerprint density at radius 1 is 1.00 bits per heavy atom. The Hall–Kier alpha value is -4.36. The van der Waals surface area contributed by atoms with Crippen molar-refractivity contribution in [2.24, 2.45) is 11.5 Å². The van der Waals surface area contributed by atoms with E-state index in [4.69, 9.17) is 15.9 Å². The highest BCUT2D eigenvalue weighted by molar-refractivity contribution is 7.91. The van der Waals surface area contributed by atoms with Crippen molar-refractivity contribution >= 4 is 21.4 Å². The third-order valence-corrected chi connectivity index (χ3v) is 8.31. The van der Waals surface area contributed by atoms with Crippen LogP contribution in [0.15, 0.2) is 56.3 Å². The summed E-state index contributed by atoms with van der Waals surface area (Å²) in [5.41, 5.74) is 8.64. The number of fused-ring (bicyclic) bond motifs is 1. The summed E-state index contributed by atoms with van der Waals surface area (Å²) in [4.78, 5) is 17.4. The minimum absolute atomic E-state index is 0.0214. The van der Waals surface area contributed by atoms with E-state index in [0.717, 1.165) is 11.0 Å². The topological polar surface area (TPSA) is 184 Å². The molecule has 1 aliphatic rings. The van der Waals surface area contributed by atoms with Crippen molar-refractivity contribution in [2.75, 3.05) is 10.7 Å². The number of nitrogens with two attached hydrogens (primary N) is 2. The van der Waals surface area contributed by atoms with Gasteiger partial charge >= 0.3 is 18.2 Å². The van der Waals surface area contributed by atoms with E-state index in [2.05, 4.69) is 24.9 Å². The van der Waals surface area contributed by atoms with Gasteiger partial charge in [-0.05, 0) is 30.7 Å². The van der Waals surface area contributed by atoms with Crippen molar-refractivity contribution in [2.45, 2.75) is 42.3 Å². The lowest BCUT2D eigenvalue weighted by atomic mass is 10.0. The number of amides is 1. The van der Waals surface area contributed by atoms with Crippen molar-refractivity contribution in [3.05, 3.63) is 59.8 Å². The Morgan fingerprint density at radius 3 is 2.26 bits per heavy atom. The second-order valence-electron chi connectivity index (χ2n) is 9.73. The largest absolute Gasteiger partial charge is 0.471 e. The molecule has 2 atom stereocenters. The first kappa shape index (κ1) is 30.1. The third-order valence-electron chi connectivity index (χ3n) is 6.49. The molecule has 0 fully saturated rings. The molecule has 2 aromatic heterocycles. The molecule has 0 saturated carbocycles. The molecule has 0 bridgehead atoms. The van der Waals surface area contributed by atoms with Gasteiger partial charge in [0, 0.05) is 11.1 Å². The average Bonchev–Trinajstić information content (AvgIpc) is 3.60. The van der Waals surface area contributed by atoms with E-state index in [1.54, 1.807) is 0 Å². The number of hydrogen-bond donors (Lipinski definition) is 2. The first-order valence-electron chi connectivity index (χ1n) is 12.0. The Labute approximate surface area is 237 Å². The van der Waals surface area contributed by atoms with Crippen molar-refractivity contribution in [1.82, 2.24) is 20.3 Å². The van der Waals surface area contributed by atoms with Gasteiger partial charge in [-0.1, -0.05) is 29.4 Å². The van der Waals surface area contributed by atoms with Crippen LogP contribution < -0.4 is 16.4 Å². The predicted molar refractivity (Wildman–Crippen MR) is 133 cm³/mol. The van der Waals surface area contributed by atoms with Crippen LogP contribution in [-0.2, 0) is 32.9 Å². The highest BCUT2D eigenvalue weighted by atomic mass is 32.2. The molecule has 3 heterocycles. The lowest BCUT2D eigenvalue weighted by Crippen LogP contribution is -2.48. The van der Waals surface area contributed by atoms with Gasteiger partial charge in [-0.15, -0.1) is 10.2 Å². The Morgan fingerprint density at radius 2 is 1.65 bits per heavy atom. The number of nitrogens with zero attached hydrogens (tertiary/aromatic N) is 5. The molecule has 43 heavy (non-hydrogen) atoms. The zero-order chi connectivity index (χ0) is 31.5. The highest BCUT2D eigenvalue weighted by Crippen LogP contribution is 2.39. The first-order valence-corrected chi connectivity index (χ1v) is 13.7. The first-order chi connectivity index (χ1) is 19.9. The van der Waals surface area contributed by atoms with Gasteiger partial charge < -0.3 is 25.3 Å². The van der Waals surface area contributed by atoms with Gasteiger partial charge in [0.1, 0.15) is 0 Å². The molecule has 0 spiro atoms. The molecular weight excluding hydrogens is 612 g/mol. The zero-order valence-corrected chi connectivity index (χ0v) is 22.5. The molecule has 228 valence electrons. The van der Waals surface area contributed by atoms with Crippen LogP contribution in [0.4, 0.5) is 32.0 Å². The van der Waals surface area contributed by atoms with Crippen LogP contribution >= 0.6 is 0 Å². The summed E-state index contributed by atoms with van der Waals surface area (Å²) in [6, 6.07) is 7.64. The summed E-state index contributed by atoms with van der Waals surface area (Å²) in [7, 11) is -4.12. The molecule has 5 rings (SSSR count). The number of hydrogen-bond acceptors (Lipinski definition) is 11. The van der Waals surface area contributed by atoms with E-state index in [0.29, 0.717) is 12.5 Å². The number of alkyl halides is 6. The second-order valence-corrected chi connectivity index (χ2v) is 11.7. The summed E-state index contributed by atoms with van der Waals surface area (Å²) in [5.74, 6) is -4.78. The van der Waals surface area contributed by atoms with Gasteiger partial charge in [0.25, 0.3) is 0 Å². The van der Waals surface area contributed by atoms with Crippen molar-refractivity contribution in [3.63, 3.8) is 0 Å². The molecule has 0 unspecified atom stereocenters. The Kier molecular flexibility index (Phi) is 7.09. The number of carbonyl (C=O) groups is 1. The van der Waals surface area contributed by atoms with Crippen LogP contribution in [0.3, 0.4) is 0 Å². The summed E-state index contributed by atoms with van der Waals surface area (Å²) in [5, 5.41) is 10.3. The monoisotopic (exact) mass is 631 g/mol. The van der Waals surface area contributed by atoms with E-state index in [9.17, 15) is 39.6 Å². The SMILES string of the molecule is C[C@@](N)(c1nnc(-c2ccc3c(c2)N(Cc2ccc(-c4noc(C(F)(F)F)n4)cc2)C(=O)[C@@H](N)CS3(=O)=O)o1)C(F)(F)F. The van der Waals surface area contributed by atoms with Crippen LogP contribution in [0.5, 0.6) is 0 Å².